The number of hydrogen-bond donors (Lipinski definition) is 1. The van der Waals surface area contributed by atoms with Gasteiger partial charge in [-0.25, -0.2) is 9.97 Å². The van der Waals surface area contributed by atoms with Crippen LogP contribution in [0.3, 0.4) is 0 Å². The molecule has 0 bridgehead atoms. The van der Waals surface area contributed by atoms with Crippen molar-refractivity contribution in [1.82, 2.24) is 14.5 Å². The van der Waals surface area contributed by atoms with Crippen molar-refractivity contribution in [1.29, 1.82) is 5.26 Å². The van der Waals surface area contributed by atoms with Crippen LogP contribution < -0.4 is 5.73 Å². The highest BCUT2D eigenvalue weighted by Gasteiger charge is 2.14. The summed E-state index contributed by atoms with van der Waals surface area (Å²) < 4.78 is 1.83. The molecule has 2 heterocycles. The van der Waals surface area contributed by atoms with Crippen molar-refractivity contribution in [3.8, 4) is 28.6 Å². The van der Waals surface area contributed by atoms with E-state index in [0.717, 1.165) is 11.3 Å². The van der Waals surface area contributed by atoms with Crippen molar-refractivity contribution in [2.45, 2.75) is 0 Å². The molecule has 0 saturated carbocycles. The first-order valence-electron chi connectivity index (χ1n) is 6.43. The molecule has 0 aliphatic carbocycles. The third-order valence-electron chi connectivity index (χ3n) is 3.21. The lowest BCUT2D eigenvalue weighted by molar-refractivity contribution is 0.913. The van der Waals surface area contributed by atoms with Gasteiger partial charge in [-0.05, 0) is 6.07 Å². The third-order valence-corrected chi connectivity index (χ3v) is 3.21. The zero-order chi connectivity index (χ0) is 14.8. The summed E-state index contributed by atoms with van der Waals surface area (Å²) in [5.74, 6) is 0.222. The number of nitrogens with zero attached hydrogens (tertiary/aromatic N) is 4. The number of anilines is 1. The first-order valence-corrected chi connectivity index (χ1v) is 6.43. The smallest absolute Gasteiger partial charge is 0.142 e. The third kappa shape index (κ3) is 2.35. The van der Waals surface area contributed by atoms with Gasteiger partial charge in [0.25, 0.3) is 0 Å². The number of nitrogens with two attached hydrogens (primary N) is 1. The van der Waals surface area contributed by atoms with Crippen LogP contribution in [0.4, 0.5) is 5.82 Å². The van der Waals surface area contributed by atoms with E-state index in [9.17, 15) is 5.26 Å². The Hall–Kier alpha value is -3.13. The van der Waals surface area contributed by atoms with Gasteiger partial charge >= 0.3 is 0 Å². The molecular formula is C16H13N5. The molecule has 0 saturated heterocycles. The topological polar surface area (TPSA) is 80.5 Å². The van der Waals surface area contributed by atoms with Crippen molar-refractivity contribution in [2.75, 3.05) is 5.73 Å². The van der Waals surface area contributed by atoms with Gasteiger partial charge in [-0.1, -0.05) is 30.3 Å². The summed E-state index contributed by atoms with van der Waals surface area (Å²) in [7, 11) is 1.88. The lowest BCUT2D eigenvalue weighted by Gasteiger charge is -2.08. The van der Waals surface area contributed by atoms with E-state index in [1.54, 1.807) is 6.33 Å². The number of imidazole rings is 1. The second-order valence-electron chi connectivity index (χ2n) is 4.72. The average molecular weight is 275 g/mol. The Morgan fingerprint density at radius 1 is 1.19 bits per heavy atom. The van der Waals surface area contributed by atoms with E-state index in [2.05, 4.69) is 16.0 Å². The van der Waals surface area contributed by atoms with Crippen LogP contribution in [0.15, 0.2) is 48.9 Å². The van der Waals surface area contributed by atoms with E-state index in [1.165, 1.54) is 0 Å². The summed E-state index contributed by atoms with van der Waals surface area (Å²) in [5.41, 5.74) is 9.39. The lowest BCUT2D eigenvalue weighted by Crippen LogP contribution is -1.99. The largest absolute Gasteiger partial charge is 0.383 e. The normalized spacial score (nSPS) is 10.3. The number of aromatic nitrogens is 3. The fraction of sp³-hybridized carbons (Fsp3) is 0.0625. The quantitative estimate of drug-likeness (QED) is 0.779. The van der Waals surface area contributed by atoms with Crippen LogP contribution in [0.2, 0.25) is 0 Å². The number of benzene rings is 1. The van der Waals surface area contributed by atoms with Crippen molar-refractivity contribution < 1.29 is 0 Å². The predicted molar refractivity (Wildman–Crippen MR) is 81.0 cm³/mol. The summed E-state index contributed by atoms with van der Waals surface area (Å²) in [6.45, 7) is 0. The Labute approximate surface area is 122 Å². The molecular weight excluding hydrogens is 262 g/mol. The molecule has 0 amide bonds. The Morgan fingerprint density at radius 2 is 1.95 bits per heavy atom. The molecule has 0 unspecified atom stereocenters. The summed E-state index contributed by atoms with van der Waals surface area (Å²) in [4.78, 5) is 8.63. The van der Waals surface area contributed by atoms with Gasteiger partial charge in [-0.15, -0.1) is 0 Å². The number of pyridine rings is 1. The maximum atomic E-state index is 9.32. The summed E-state index contributed by atoms with van der Waals surface area (Å²) in [6, 6.07) is 13.7. The molecule has 0 aliphatic rings. The Morgan fingerprint density at radius 3 is 2.57 bits per heavy atom. The van der Waals surface area contributed by atoms with E-state index in [-0.39, 0.29) is 5.82 Å². The van der Waals surface area contributed by atoms with Gasteiger partial charge < -0.3 is 10.3 Å². The van der Waals surface area contributed by atoms with Crippen LogP contribution in [0.25, 0.3) is 22.5 Å². The van der Waals surface area contributed by atoms with Crippen molar-refractivity contribution in [3.63, 3.8) is 0 Å². The van der Waals surface area contributed by atoms with Gasteiger partial charge in [0, 0.05) is 24.4 Å². The Kier molecular flexibility index (Phi) is 3.13. The van der Waals surface area contributed by atoms with Gasteiger partial charge in [0.15, 0.2) is 0 Å². The number of nitrogen functional groups attached to an aromatic ring is 1. The van der Waals surface area contributed by atoms with Crippen LogP contribution in [0, 0.1) is 11.3 Å². The van der Waals surface area contributed by atoms with Crippen molar-refractivity contribution >= 4 is 5.82 Å². The van der Waals surface area contributed by atoms with E-state index in [1.807, 2.05) is 54.2 Å². The second kappa shape index (κ2) is 5.10. The minimum Gasteiger partial charge on any atom is -0.383 e. The summed E-state index contributed by atoms with van der Waals surface area (Å²) in [5, 5.41) is 9.32. The maximum Gasteiger partial charge on any atom is 0.142 e. The minimum absolute atomic E-state index is 0.222. The van der Waals surface area contributed by atoms with Gasteiger partial charge in [0.1, 0.15) is 17.5 Å². The van der Waals surface area contributed by atoms with E-state index in [4.69, 9.17) is 5.73 Å². The number of rotatable bonds is 2. The van der Waals surface area contributed by atoms with Crippen LogP contribution in [-0.2, 0) is 7.05 Å². The Bertz CT molecular complexity index is 828. The number of aryl methyl sites for hydroxylation is 1. The minimum atomic E-state index is 0.222. The maximum absolute atomic E-state index is 9.32. The fourth-order valence-corrected chi connectivity index (χ4v) is 2.19. The van der Waals surface area contributed by atoms with Gasteiger partial charge in [0.2, 0.25) is 0 Å². The van der Waals surface area contributed by atoms with E-state index in [0.29, 0.717) is 16.8 Å². The molecule has 2 N–H and O–H groups in total. The summed E-state index contributed by atoms with van der Waals surface area (Å²) in [6.07, 6.45) is 3.54. The highest BCUT2D eigenvalue weighted by Crippen LogP contribution is 2.29. The van der Waals surface area contributed by atoms with E-state index < -0.39 is 0 Å². The molecule has 3 aromatic rings. The molecule has 2 aromatic heterocycles. The fourth-order valence-electron chi connectivity index (χ4n) is 2.19. The van der Waals surface area contributed by atoms with Crippen LogP contribution in [-0.4, -0.2) is 14.5 Å². The van der Waals surface area contributed by atoms with Crippen molar-refractivity contribution in [2.24, 2.45) is 7.05 Å². The predicted octanol–water partition coefficient (Wildman–Crippen LogP) is 2.60. The molecule has 21 heavy (non-hydrogen) atoms. The lowest BCUT2D eigenvalue weighted by atomic mass is 10.0. The molecule has 0 atom stereocenters. The highest BCUT2D eigenvalue weighted by atomic mass is 15.0. The number of hydrogen-bond acceptors (Lipinski definition) is 4. The first kappa shape index (κ1) is 12.9. The summed E-state index contributed by atoms with van der Waals surface area (Å²) >= 11 is 0. The SMILES string of the molecule is Cn1cnc(-c2cc(-c3ccccc3)nc(N)c2C#N)c1. The molecule has 0 spiro atoms. The monoisotopic (exact) mass is 275 g/mol. The van der Waals surface area contributed by atoms with E-state index >= 15 is 0 Å². The Balaban J connectivity index is 2.23. The molecule has 1 aromatic carbocycles. The van der Waals surface area contributed by atoms with Crippen molar-refractivity contribution in [3.05, 3.63) is 54.5 Å². The molecule has 0 radical (unpaired) electrons. The molecule has 0 aliphatic heterocycles. The second-order valence-corrected chi connectivity index (χ2v) is 4.72. The van der Waals surface area contributed by atoms with Gasteiger partial charge in [0.05, 0.1) is 17.7 Å². The first-order chi connectivity index (χ1) is 10.2. The molecule has 102 valence electrons. The molecule has 5 heteroatoms. The standard InChI is InChI=1S/C16H13N5/c1-21-9-15(19-10-21)12-7-14(11-5-3-2-4-6-11)20-16(18)13(12)8-17/h2-7,9-10H,1H3,(H2,18,20). The molecule has 3 rings (SSSR count). The van der Waals surface area contributed by atoms with Crippen LogP contribution in [0.1, 0.15) is 5.56 Å². The highest BCUT2D eigenvalue weighted by molar-refractivity contribution is 5.78. The molecule has 5 nitrogen and oxygen atoms in total. The molecule has 0 fully saturated rings. The van der Waals surface area contributed by atoms with Crippen LogP contribution in [0.5, 0.6) is 0 Å². The average Bonchev–Trinajstić information content (AvgIpc) is 2.94. The van der Waals surface area contributed by atoms with Crippen LogP contribution >= 0.6 is 0 Å². The van der Waals surface area contributed by atoms with Gasteiger partial charge in [-0.3, -0.25) is 0 Å². The van der Waals surface area contributed by atoms with Gasteiger partial charge in [-0.2, -0.15) is 5.26 Å². The zero-order valence-corrected chi connectivity index (χ0v) is 11.5. The number of nitriles is 1. The zero-order valence-electron chi connectivity index (χ0n) is 11.5.